The van der Waals surface area contributed by atoms with Crippen molar-refractivity contribution in [2.75, 3.05) is 5.32 Å². The van der Waals surface area contributed by atoms with E-state index >= 15 is 0 Å². The van der Waals surface area contributed by atoms with Crippen LogP contribution in [0.5, 0.6) is 0 Å². The minimum Gasteiger partial charge on any atom is -0.356 e. The van der Waals surface area contributed by atoms with Gasteiger partial charge >= 0.3 is 0 Å². The fourth-order valence-electron chi connectivity index (χ4n) is 6.69. The number of fused-ring (bicyclic) bond motifs is 6. The fourth-order valence-corrected chi connectivity index (χ4v) is 6.69. The minimum atomic E-state index is -0.0948. The SMILES string of the molecule is CC1(C)c2cc(Nc3ccccc3)ccc2-c2ccc(-c3ccc4c(c3)c3ccccc3n4-c3ccccc3)cc21. The van der Waals surface area contributed by atoms with E-state index in [1.807, 2.05) is 6.07 Å². The first kappa shape index (κ1) is 23.8. The maximum Gasteiger partial charge on any atom is 0.0541 e. The third-order valence-corrected chi connectivity index (χ3v) is 8.76. The number of benzene rings is 6. The number of hydrogen-bond donors (Lipinski definition) is 1. The standard InChI is InChI=1S/C39H30N2/c1-39(2)35-24-27(17-20-31(35)32-21-19-29(25-36(32)39)40-28-11-5-3-6-12-28)26-18-22-38-34(23-26)33-15-9-10-16-37(33)41(38)30-13-7-4-8-14-30/h3-25,40H,1-2H3. The second kappa shape index (κ2) is 8.97. The highest BCUT2D eigenvalue weighted by molar-refractivity contribution is 6.10. The zero-order valence-electron chi connectivity index (χ0n) is 23.2. The van der Waals surface area contributed by atoms with Crippen molar-refractivity contribution >= 4 is 33.2 Å². The molecule has 0 atom stereocenters. The van der Waals surface area contributed by atoms with Crippen molar-refractivity contribution < 1.29 is 0 Å². The fraction of sp³-hybridized carbons (Fsp3) is 0.0769. The molecule has 41 heavy (non-hydrogen) atoms. The van der Waals surface area contributed by atoms with Crippen LogP contribution >= 0.6 is 0 Å². The molecule has 196 valence electrons. The van der Waals surface area contributed by atoms with Gasteiger partial charge in [0.05, 0.1) is 11.0 Å². The Labute approximate surface area is 240 Å². The predicted octanol–water partition coefficient (Wildman–Crippen LogP) is 10.5. The van der Waals surface area contributed by atoms with Crippen LogP contribution < -0.4 is 5.32 Å². The summed E-state index contributed by atoms with van der Waals surface area (Å²) < 4.78 is 2.37. The van der Waals surface area contributed by atoms with Crippen LogP contribution in [-0.4, -0.2) is 4.57 Å². The Kier molecular flexibility index (Phi) is 5.20. The van der Waals surface area contributed by atoms with Gasteiger partial charge in [0.2, 0.25) is 0 Å². The van der Waals surface area contributed by atoms with Gasteiger partial charge in [-0.3, -0.25) is 0 Å². The molecule has 0 fully saturated rings. The van der Waals surface area contributed by atoms with Crippen LogP contribution in [-0.2, 0) is 5.41 Å². The summed E-state index contributed by atoms with van der Waals surface area (Å²) in [6, 6.07) is 50.5. The molecule has 1 aliphatic carbocycles. The molecule has 7 aromatic rings. The molecule has 1 aromatic heterocycles. The van der Waals surface area contributed by atoms with Gasteiger partial charge < -0.3 is 9.88 Å². The highest BCUT2D eigenvalue weighted by Gasteiger charge is 2.35. The lowest BCUT2D eigenvalue weighted by Crippen LogP contribution is -2.15. The summed E-state index contributed by atoms with van der Waals surface area (Å²) in [5, 5.41) is 6.14. The maximum absolute atomic E-state index is 3.58. The Balaban J connectivity index is 1.22. The molecule has 1 aliphatic rings. The zero-order valence-corrected chi connectivity index (χ0v) is 23.2. The van der Waals surface area contributed by atoms with Crippen molar-refractivity contribution in [1.29, 1.82) is 0 Å². The van der Waals surface area contributed by atoms with Gasteiger partial charge in [0.25, 0.3) is 0 Å². The van der Waals surface area contributed by atoms with Crippen LogP contribution in [0.2, 0.25) is 0 Å². The van der Waals surface area contributed by atoms with Gasteiger partial charge in [-0.25, -0.2) is 0 Å². The third-order valence-electron chi connectivity index (χ3n) is 8.76. The summed E-state index contributed by atoms with van der Waals surface area (Å²) in [5.41, 5.74) is 13.7. The number of aromatic nitrogens is 1. The molecule has 0 amide bonds. The largest absolute Gasteiger partial charge is 0.356 e. The van der Waals surface area contributed by atoms with Gasteiger partial charge in [0.15, 0.2) is 0 Å². The number of nitrogens with zero attached hydrogens (tertiary/aromatic N) is 1. The Morgan fingerprint density at radius 3 is 1.90 bits per heavy atom. The van der Waals surface area contributed by atoms with E-state index in [9.17, 15) is 0 Å². The number of hydrogen-bond acceptors (Lipinski definition) is 1. The minimum absolute atomic E-state index is 0.0948. The molecule has 2 heteroatoms. The Hall–Kier alpha value is -5.08. The second-order valence-electron chi connectivity index (χ2n) is 11.6. The van der Waals surface area contributed by atoms with E-state index in [1.54, 1.807) is 0 Å². The number of rotatable bonds is 4. The average Bonchev–Trinajstić information content (AvgIpc) is 3.46. The molecule has 0 unspecified atom stereocenters. The Morgan fingerprint density at radius 1 is 0.488 bits per heavy atom. The number of anilines is 2. The van der Waals surface area contributed by atoms with E-state index in [2.05, 4.69) is 157 Å². The first-order valence-electron chi connectivity index (χ1n) is 14.3. The van der Waals surface area contributed by atoms with E-state index in [0.29, 0.717) is 0 Å². The average molecular weight is 527 g/mol. The van der Waals surface area contributed by atoms with Crippen molar-refractivity contribution in [2.45, 2.75) is 19.3 Å². The summed E-state index contributed by atoms with van der Waals surface area (Å²) in [4.78, 5) is 0. The smallest absolute Gasteiger partial charge is 0.0541 e. The Bertz CT molecular complexity index is 2080. The topological polar surface area (TPSA) is 17.0 Å². The molecule has 0 aliphatic heterocycles. The summed E-state index contributed by atoms with van der Waals surface area (Å²) in [6.45, 7) is 4.70. The van der Waals surface area contributed by atoms with Crippen LogP contribution in [0, 0.1) is 0 Å². The second-order valence-corrected chi connectivity index (χ2v) is 11.6. The van der Waals surface area contributed by atoms with Crippen LogP contribution in [0.15, 0.2) is 140 Å². The van der Waals surface area contributed by atoms with Crippen LogP contribution in [0.4, 0.5) is 11.4 Å². The molecule has 0 spiro atoms. The molecule has 0 saturated heterocycles. The monoisotopic (exact) mass is 526 g/mol. The molecule has 0 bridgehead atoms. The van der Waals surface area contributed by atoms with Crippen LogP contribution in [0.25, 0.3) is 49.7 Å². The molecule has 6 aromatic carbocycles. The van der Waals surface area contributed by atoms with Gasteiger partial charge in [-0.2, -0.15) is 0 Å². The highest BCUT2D eigenvalue weighted by Crippen LogP contribution is 2.50. The van der Waals surface area contributed by atoms with Gasteiger partial charge in [-0.15, -0.1) is 0 Å². The predicted molar refractivity (Wildman–Crippen MR) is 174 cm³/mol. The van der Waals surface area contributed by atoms with E-state index in [1.165, 1.54) is 60.9 Å². The lowest BCUT2D eigenvalue weighted by atomic mass is 9.81. The summed E-state index contributed by atoms with van der Waals surface area (Å²) in [7, 11) is 0. The summed E-state index contributed by atoms with van der Waals surface area (Å²) in [5.74, 6) is 0. The van der Waals surface area contributed by atoms with E-state index in [4.69, 9.17) is 0 Å². The van der Waals surface area contributed by atoms with Gasteiger partial charge in [0.1, 0.15) is 0 Å². The summed E-state index contributed by atoms with van der Waals surface area (Å²) >= 11 is 0. The van der Waals surface area contributed by atoms with Crippen molar-refractivity contribution in [1.82, 2.24) is 4.57 Å². The molecule has 0 saturated carbocycles. The molecule has 1 heterocycles. The van der Waals surface area contributed by atoms with Crippen molar-refractivity contribution in [3.8, 4) is 27.9 Å². The number of nitrogens with one attached hydrogen (secondary N) is 1. The normalized spacial score (nSPS) is 13.3. The lowest BCUT2D eigenvalue weighted by molar-refractivity contribution is 0.661. The van der Waals surface area contributed by atoms with Crippen molar-refractivity contribution in [3.63, 3.8) is 0 Å². The quantitative estimate of drug-likeness (QED) is 0.241. The first-order valence-corrected chi connectivity index (χ1v) is 14.3. The van der Waals surface area contributed by atoms with E-state index in [-0.39, 0.29) is 5.41 Å². The highest BCUT2D eigenvalue weighted by atomic mass is 15.0. The van der Waals surface area contributed by atoms with E-state index in [0.717, 1.165) is 11.4 Å². The summed E-state index contributed by atoms with van der Waals surface area (Å²) in [6.07, 6.45) is 0. The van der Waals surface area contributed by atoms with Crippen molar-refractivity contribution in [2.24, 2.45) is 0 Å². The lowest BCUT2D eigenvalue weighted by Gasteiger charge is -2.23. The van der Waals surface area contributed by atoms with Gasteiger partial charge in [-0.1, -0.05) is 92.7 Å². The van der Waals surface area contributed by atoms with E-state index < -0.39 is 0 Å². The van der Waals surface area contributed by atoms with Gasteiger partial charge in [0, 0.05) is 33.2 Å². The number of para-hydroxylation sites is 3. The molecule has 2 nitrogen and oxygen atoms in total. The zero-order chi connectivity index (χ0) is 27.6. The molecular weight excluding hydrogens is 496 g/mol. The maximum atomic E-state index is 3.58. The van der Waals surface area contributed by atoms with Crippen molar-refractivity contribution in [3.05, 3.63) is 151 Å². The first-order chi connectivity index (χ1) is 20.1. The van der Waals surface area contributed by atoms with Crippen LogP contribution in [0.3, 0.4) is 0 Å². The molecule has 0 radical (unpaired) electrons. The Morgan fingerprint density at radius 2 is 1.10 bits per heavy atom. The van der Waals surface area contributed by atoms with Crippen LogP contribution in [0.1, 0.15) is 25.0 Å². The molecule has 1 N–H and O–H groups in total. The molecule has 8 rings (SSSR count). The third kappa shape index (κ3) is 3.72. The molecular formula is C39H30N2. The van der Waals surface area contributed by atoms with Gasteiger partial charge in [-0.05, 0) is 94.0 Å².